The van der Waals surface area contributed by atoms with Crippen LogP contribution >= 0.6 is 0 Å². The number of benzene rings is 3. The molecule has 2 amide bonds. The molecule has 1 atom stereocenters. The second-order valence-electron chi connectivity index (χ2n) is 8.84. The van der Waals surface area contributed by atoms with Crippen molar-refractivity contribution in [2.45, 2.75) is 13.0 Å². The first-order valence-corrected chi connectivity index (χ1v) is 14.0. The molecule has 0 saturated heterocycles. The summed E-state index contributed by atoms with van der Waals surface area (Å²) in [6, 6.07) is 11.4. The average molecular weight is 568 g/mol. The number of carbonyl (C=O) groups excluding carboxylic acids is 2. The van der Waals surface area contributed by atoms with E-state index in [1.54, 1.807) is 19.1 Å². The summed E-state index contributed by atoms with van der Waals surface area (Å²) in [6.07, 6.45) is 1.01. The maximum absolute atomic E-state index is 13.7. The molecule has 1 aliphatic heterocycles. The number of sulfone groups is 1. The molecule has 13 heteroatoms. The number of carboxylic acids is 1. The molecule has 0 aliphatic carbocycles. The smallest absolute Gasteiger partial charge is 0.339 e. The van der Waals surface area contributed by atoms with Gasteiger partial charge in [-0.1, -0.05) is 12.1 Å². The van der Waals surface area contributed by atoms with Crippen molar-refractivity contribution < 1.29 is 42.5 Å². The lowest BCUT2D eigenvalue weighted by Crippen LogP contribution is -2.37. The highest BCUT2D eigenvalue weighted by molar-refractivity contribution is 7.90. The summed E-state index contributed by atoms with van der Waals surface area (Å²) in [6.45, 7) is 2.06. The lowest BCUT2D eigenvalue weighted by molar-refractivity contribution is 0.0596. The van der Waals surface area contributed by atoms with E-state index in [-0.39, 0.29) is 28.1 Å². The van der Waals surface area contributed by atoms with E-state index in [1.165, 1.54) is 37.4 Å². The van der Waals surface area contributed by atoms with E-state index in [0.29, 0.717) is 23.7 Å². The van der Waals surface area contributed by atoms with Crippen LogP contribution in [0.25, 0.3) is 0 Å². The van der Waals surface area contributed by atoms with Gasteiger partial charge in [-0.05, 0) is 55.0 Å². The Labute approximate surface area is 229 Å². The summed E-state index contributed by atoms with van der Waals surface area (Å²) in [7, 11) is -2.23. The van der Waals surface area contributed by atoms with Gasteiger partial charge in [-0.3, -0.25) is 14.5 Å². The number of hydrogen-bond acceptors (Lipinski definition) is 10. The van der Waals surface area contributed by atoms with Crippen LogP contribution in [0.1, 0.15) is 49.6 Å². The Bertz CT molecular complexity index is 1650. The van der Waals surface area contributed by atoms with Crippen LogP contribution in [-0.2, 0) is 9.84 Å². The summed E-state index contributed by atoms with van der Waals surface area (Å²) < 4.78 is 35.7. The predicted molar refractivity (Wildman–Crippen MR) is 143 cm³/mol. The van der Waals surface area contributed by atoms with Gasteiger partial charge in [0.2, 0.25) is 0 Å². The molecule has 40 heavy (non-hydrogen) atoms. The van der Waals surface area contributed by atoms with Crippen LogP contribution < -0.4 is 9.47 Å². The Balaban J connectivity index is 1.77. The number of rotatable bonds is 10. The summed E-state index contributed by atoms with van der Waals surface area (Å²) in [5.41, 5.74) is -0.00970. The lowest BCUT2D eigenvalue weighted by atomic mass is 10.1. The second kappa shape index (κ2) is 11.1. The molecule has 0 radical (unpaired) electrons. The SMILES string of the molecule is CCOc1cc([C@@H](CS(C)(=O)=O)N2C(=O)c3cccc(/N=N/c4ccc(O)c(C(=O)O)c4)c3C2=O)ccc1OC. The Morgan fingerprint density at radius 2 is 1.77 bits per heavy atom. The first-order chi connectivity index (χ1) is 18.9. The molecule has 3 aromatic rings. The van der Waals surface area contributed by atoms with Crippen molar-refractivity contribution in [3.05, 3.63) is 76.9 Å². The van der Waals surface area contributed by atoms with Crippen LogP contribution in [0.15, 0.2) is 64.8 Å². The van der Waals surface area contributed by atoms with Crippen LogP contribution in [0.3, 0.4) is 0 Å². The van der Waals surface area contributed by atoms with Gasteiger partial charge in [0.05, 0.1) is 48.0 Å². The largest absolute Gasteiger partial charge is 0.507 e. The molecule has 0 fully saturated rings. The molecule has 1 aliphatic rings. The molecule has 3 aromatic carbocycles. The third kappa shape index (κ3) is 5.64. The minimum Gasteiger partial charge on any atom is -0.507 e. The van der Waals surface area contributed by atoms with Gasteiger partial charge in [-0.25, -0.2) is 13.2 Å². The molecule has 0 unspecified atom stereocenters. The fourth-order valence-corrected chi connectivity index (χ4v) is 5.21. The van der Waals surface area contributed by atoms with Crippen molar-refractivity contribution in [1.82, 2.24) is 4.90 Å². The lowest BCUT2D eigenvalue weighted by Gasteiger charge is -2.26. The zero-order valence-electron chi connectivity index (χ0n) is 21.7. The zero-order valence-corrected chi connectivity index (χ0v) is 22.5. The Morgan fingerprint density at radius 3 is 2.42 bits per heavy atom. The van der Waals surface area contributed by atoms with Gasteiger partial charge >= 0.3 is 5.97 Å². The Morgan fingerprint density at radius 1 is 1.02 bits per heavy atom. The third-order valence-corrected chi connectivity index (χ3v) is 6.97. The van der Waals surface area contributed by atoms with Crippen molar-refractivity contribution in [3.63, 3.8) is 0 Å². The molecule has 1 heterocycles. The molecule has 208 valence electrons. The van der Waals surface area contributed by atoms with Gasteiger partial charge in [0.25, 0.3) is 11.8 Å². The predicted octanol–water partition coefficient (Wildman–Crippen LogP) is 4.30. The van der Waals surface area contributed by atoms with Gasteiger partial charge in [0.1, 0.15) is 21.2 Å². The van der Waals surface area contributed by atoms with Crippen LogP contribution in [0.4, 0.5) is 11.4 Å². The number of aromatic carboxylic acids is 1. The highest BCUT2D eigenvalue weighted by Crippen LogP contribution is 2.39. The van der Waals surface area contributed by atoms with E-state index < -0.39 is 45.2 Å². The number of carboxylic acid groups (broad SMARTS) is 1. The molecule has 0 bridgehead atoms. The number of phenols is 1. The number of ether oxygens (including phenoxy) is 2. The normalized spacial score (nSPS) is 13.9. The topological polar surface area (TPSA) is 172 Å². The maximum Gasteiger partial charge on any atom is 0.339 e. The van der Waals surface area contributed by atoms with E-state index in [4.69, 9.17) is 9.47 Å². The van der Waals surface area contributed by atoms with Gasteiger partial charge in [-0.15, -0.1) is 5.11 Å². The number of aromatic hydroxyl groups is 1. The number of methoxy groups -OCH3 is 1. The van der Waals surface area contributed by atoms with Gasteiger partial charge < -0.3 is 19.7 Å². The monoisotopic (exact) mass is 567 g/mol. The molecular weight excluding hydrogens is 542 g/mol. The summed E-state index contributed by atoms with van der Waals surface area (Å²) in [4.78, 5) is 39.4. The quantitative estimate of drug-likeness (QED) is 0.268. The highest BCUT2D eigenvalue weighted by atomic mass is 32.2. The molecule has 0 spiro atoms. The van der Waals surface area contributed by atoms with Crippen molar-refractivity contribution in [3.8, 4) is 17.2 Å². The number of imide groups is 1. The van der Waals surface area contributed by atoms with Crippen molar-refractivity contribution in [1.29, 1.82) is 0 Å². The number of azo groups is 1. The Hall–Kier alpha value is -4.78. The highest BCUT2D eigenvalue weighted by Gasteiger charge is 2.43. The van der Waals surface area contributed by atoms with E-state index in [1.807, 2.05) is 0 Å². The Kier molecular flexibility index (Phi) is 7.86. The van der Waals surface area contributed by atoms with E-state index >= 15 is 0 Å². The number of nitrogens with zero attached hydrogens (tertiary/aromatic N) is 3. The summed E-state index contributed by atoms with van der Waals surface area (Å²) in [5.74, 6) is -3.12. The van der Waals surface area contributed by atoms with E-state index in [2.05, 4.69) is 10.2 Å². The minimum absolute atomic E-state index is 0.00965. The van der Waals surface area contributed by atoms with Gasteiger partial charge in [-0.2, -0.15) is 5.11 Å². The van der Waals surface area contributed by atoms with Crippen LogP contribution in [0, 0.1) is 0 Å². The van der Waals surface area contributed by atoms with E-state index in [9.17, 15) is 33.0 Å². The number of fused-ring (bicyclic) bond motifs is 1. The fraction of sp³-hybridized carbons (Fsp3) is 0.222. The minimum atomic E-state index is -3.68. The number of hydrogen-bond donors (Lipinski definition) is 2. The van der Waals surface area contributed by atoms with Gasteiger partial charge in [0.15, 0.2) is 11.5 Å². The fourth-order valence-electron chi connectivity index (χ4n) is 4.30. The van der Waals surface area contributed by atoms with Crippen molar-refractivity contribution in [2.24, 2.45) is 10.2 Å². The van der Waals surface area contributed by atoms with Crippen molar-refractivity contribution >= 4 is 39.0 Å². The molecule has 12 nitrogen and oxygen atoms in total. The second-order valence-corrected chi connectivity index (χ2v) is 11.0. The van der Waals surface area contributed by atoms with Crippen LogP contribution in [0.5, 0.6) is 17.2 Å². The molecule has 0 aromatic heterocycles. The first kappa shape index (κ1) is 28.2. The standard InChI is InChI=1S/C27H25N3O9S/c1-4-39-23-12-15(8-11-22(23)38-2)20(14-40(3,36)37)30-25(32)17-6-5-7-19(24(17)26(30)33)29-28-16-9-10-21(31)18(13-16)27(34)35/h5-13,20,31H,4,14H2,1-3H3,(H,34,35)/b29-28+/t20-/m1/s1. The van der Waals surface area contributed by atoms with Crippen LogP contribution in [-0.4, -0.2) is 67.0 Å². The number of amides is 2. The summed E-state index contributed by atoms with van der Waals surface area (Å²) >= 11 is 0. The van der Waals surface area contributed by atoms with Crippen LogP contribution in [0.2, 0.25) is 0 Å². The molecule has 0 saturated carbocycles. The summed E-state index contributed by atoms with van der Waals surface area (Å²) in [5, 5.41) is 27.0. The first-order valence-electron chi connectivity index (χ1n) is 11.9. The van der Waals surface area contributed by atoms with E-state index in [0.717, 1.165) is 23.3 Å². The number of carbonyl (C=O) groups is 3. The maximum atomic E-state index is 13.7. The van der Waals surface area contributed by atoms with Crippen molar-refractivity contribution in [2.75, 3.05) is 25.7 Å². The molecular formula is C27H25N3O9S. The average Bonchev–Trinajstić information content (AvgIpc) is 3.16. The zero-order chi connectivity index (χ0) is 29.2. The molecule has 2 N–H and O–H groups in total. The molecule has 4 rings (SSSR count). The third-order valence-electron chi connectivity index (χ3n) is 6.05. The van der Waals surface area contributed by atoms with Gasteiger partial charge in [0, 0.05) is 6.26 Å².